The Morgan fingerprint density at radius 1 is 1.27 bits per heavy atom. The fourth-order valence-corrected chi connectivity index (χ4v) is 3.91. The van der Waals surface area contributed by atoms with Gasteiger partial charge in [-0.25, -0.2) is 13.9 Å². The van der Waals surface area contributed by atoms with Gasteiger partial charge in [-0.1, -0.05) is 26.7 Å². The number of halogens is 1. The molecule has 3 aromatic rings. The Bertz CT molecular complexity index is 963. The topological polar surface area (TPSA) is 68.9 Å². The first-order valence-corrected chi connectivity index (χ1v) is 9.11. The van der Waals surface area contributed by atoms with Crippen LogP contribution in [0.5, 0.6) is 0 Å². The van der Waals surface area contributed by atoms with E-state index in [1.54, 1.807) is 18.3 Å². The van der Waals surface area contributed by atoms with Gasteiger partial charge in [-0.15, -0.1) is 0 Å². The average molecular weight is 351 g/mol. The zero-order chi connectivity index (χ0) is 18.3. The van der Waals surface area contributed by atoms with Gasteiger partial charge in [0.1, 0.15) is 23.1 Å². The van der Waals surface area contributed by atoms with Gasteiger partial charge in [0.2, 0.25) is 0 Å². The Kier molecular flexibility index (Phi) is 4.15. The maximum atomic E-state index is 13.3. The predicted molar refractivity (Wildman–Crippen MR) is 99.2 cm³/mol. The number of nitrogens with zero attached hydrogens (tertiary/aromatic N) is 3. The molecule has 26 heavy (non-hydrogen) atoms. The second-order valence-electron chi connectivity index (χ2n) is 7.29. The number of benzene rings is 1. The molecule has 0 radical (unpaired) electrons. The predicted octanol–water partition coefficient (Wildman–Crippen LogP) is 4.58. The van der Waals surface area contributed by atoms with E-state index in [4.69, 9.17) is 0 Å². The maximum absolute atomic E-state index is 13.3. The highest BCUT2D eigenvalue weighted by atomic mass is 19.1. The Hall–Kier alpha value is -2.81. The fourth-order valence-electron chi connectivity index (χ4n) is 3.91. The van der Waals surface area contributed by atoms with Crippen LogP contribution in [0.15, 0.2) is 30.5 Å². The lowest BCUT2D eigenvalue weighted by molar-refractivity contribution is 0.252. The Balaban J connectivity index is 1.80. The molecular formula is C20H22FN5. The Morgan fingerprint density at radius 3 is 2.77 bits per heavy atom. The maximum Gasteiger partial charge on any atom is 0.173 e. The van der Waals surface area contributed by atoms with Crippen molar-refractivity contribution in [3.63, 3.8) is 0 Å². The van der Waals surface area contributed by atoms with Crippen LogP contribution in [0.2, 0.25) is 0 Å². The number of aromatic nitrogens is 3. The molecule has 1 fully saturated rings. The van der Waals surface area contributed by atoms with Crippen molar-refractivity contribution in [2.24, 2.45) is 11.8 Å². The molecule has 1 aliphatic carbocycles. The smallest absolute Gasteiger partial charge is 0.173 e. The summed E-state index contributed by atoms with van der Waals surface area (Å²) in [7, 11) is 0. The Labute approximate surface area is 151 Å². The number of fused-ring (bicyclic) bond motifs is 1. The first kappa shape index (κ1) is 16.6. The third-order valence-corrected chi connectivity index (χ3v) is 5.72. The summed E-state index contributed by atoms with van der Waals surface area (Å²) in [4.78, 5) is 4.68. The molecule has 1 aromatic carbocycles. The van der Waals surface area contributed by atoms with Crippen molar-refractivity contribution in [1.29, 1.82) is 5.26 Å². The summed E-state index contributed by atoms with van der Waals surface area (Å²) in [6.07, 6.45) is 5.22. The van der Waals surface area contributed by atoms with Crippen LogP contribution in [0.1, 0.15) is 38.7 Å². The lowest BCUT2D eigenvalue weighted by atomic mass is 9.78. The lowest BCUT2D eigenvalue weighted by Gasteiger charge is -2.35. The number of imidazole rings is 1. The van der Waals surface area contributed by atoms with E-state index in [0.29, 0.717) is 29.1 Å². The molecule has 5 nitrogen and oxygen atoms in total. The molecule has 2 aromatic heterocycles. The number of hydrogen-bond donors (Lipinski definition) is 2. The molecule has 0 unspecified atom stereocenters. The van der Waals surface area contributed by atoms with Crippen molar-refractivity contribution in [2.75, 3.05) is 5.32 Å². The van der Waals surface area contributed by atoms with Crippen molar-refractivity contribution in [2.45, 2.75) is 39.2 Å². The van der Waals surface area contributed by atoms with E-state index in [1.165, 1.54) is 25.0 Å². The van der Waals surface area contributed by atoms with Crippen molar-refractivity contribution >= 4 is 11.5 Å². The number of hydrogen-bond acceptors (Lipinski definition) is 3. The summed E-state index contributed by atoms with van der Waals surface area (Å²) in [5.74, 6) is 1.76. The standard InChI is InChI=1S/C20H22FN5/c1-12-4-3-5-17(13(12)2)24-20-18(14-6-8-16(21)9-7-14)25-19-15(10-22)11-23-26(19)20/h6-9,11-13,17,23-24H,3-5H2,1-2H3/t12-,13-,17+/m1/s1. The summed E-state index contributed by atoms with van der Waals surface area (Å²) in [6.45, 7) is 4.58. The summed E-state index contributed by atoms with van der Waals surface area (Å²) < 4.78 is 15.2. The van der Waals surface area contributed by atoms with Gasteiger partial charge in [0.15, 0.2) is 11.5 Å². The zero-order valence-corrected chi connectivity index (χ0v) is 15.0. The van der Waals surface area contributed by atoms with E-state index in [9.17, 15) is 9.65 Å². The van der Waals surface area contributed by atoms with Gasteiger partial charge in [-0.2, -0.15) is 5.26 Å². The molecule has 2 heterocycles. The van der Waals surface area contributed by atoms with Gasteiger partial charge in [-0.3, -0.25) is 5.10 Å². The van der Waals surface area contributed by atoms with Crippen molar-refractivity contribution in [3.05, 3.63) is 41.8 Å². The molecule has 6 heteroatoms. The highest BCUT2D eigenvalue weighted by Crippen LogP contribution is 2.35. The molecular weight excluding hydrogens is 329 g/mol. The lowest BCUT2D eigenvalue weighted by Crippen LogP contribution is -2.35. The van der Waals surface area contributed by atoms with E-state index in [-0.39, 0.29) is 5.82 Å². The number of aromatic amines is 1. The molecule has 3 atom stereocenters. The monoisotopic (exact) mass is 351 g/mol. The van der Waals surface area contributed by atoms with Gasteiger partial charge in [0, 0.05) is 17.8 Å². The molecule has 0 spiro atoms. The fraction of sp³-hybridized carbons (Fsp3) is 0.400. The largest absolute Gasteiger partial charge is 0.365 e. The van der Waals surface area contributed by atoms with E-state index >= 15 is 0 Å². The summed E-state index contributed by atoms with van der Waals surface area (Å²) >= 11 is 0. The molecule has 0 saturated heterocycles. The van der Waals surface area contributed by atoms with Crippen LogP contribution in [-0.4, -0.2) is 20.6 Å². The molecule has 1 aliphatic rings. The molecule has 2 N–H and O–H groups in total. The SMILES string of the molecule is C[C@@H]1[C@H](C)CCC[C@@H]1Nc1c(-c2ccc(F)cc2)nc2c(C#N)c[nH]n12. The zero-order valence-electron chi connectivity index (χ0n) is 15.0. The Morgan fingerprint density at radius 2 is 2.04 bits per heavy atom. The highest BCUT2D eigenvalue weighted by molar-refractivity contribution is 5.78. The normalized spacial score (nSPS) is 23.1. The summed E-state index contributed by atoms with van der Waals surface area (Å²) in [6, 6.07) is 8.82. The summed E-state index contributed by atoms with van der Waals surface area (Å²) in [5, 5.41) is 16.1. The molecule has 0 amide bonds. The van der Waals surface area contributed by atoms with Crippen LogP contribution in [0, 0.1) is 29.0 Å². The second kappa shape index (κ2) is 6.49. The third kappa shape index (κ3) is 2.74. The molecule has 4 rings (SSSR count). The average Bonchev–Trinajstić information content (AvgIpc) is 3.19. The van der Waals surface area contributed by atoms with Gasteiger partial charge >= 0.3 is 0 Å². The van der Waals surface area contributed by atoms with Gasteiger partial charge < -0.3 is 5.32 Å². The number of rotatable bonds is 3. The van der Waals surface area contributed by atoms with E-state index in [1.807, 2.05) is 4.52 Å². The van der Waals surface area contributed by atoms with Gasteiger partial charge in [0.05, 0.1) is 0 Å². The van der Waals surface area contributed by atoms with Crippen molar-refractivity contribution in [3.8, 4) is 17.3 Å². The van der Waals surface area contributed by atoms with Gasteiger partial charge in [0.25, 0.3) is 0 Å². The van der Waals surface area contributed by atoms with Crippen LogP contribution in [-0.2, 0) is 0 Å². The molecule has 134 valence electrons. The number of nitriles is 1. The first-order chi connectivity index (χ1) is 12.6. The number of anilines is 1. The first-order valence-electron chi connectivity index (χ1n) is 9.11. The minimum atomic E-state index is -0.277. The highest BCUT2D eigenvalue weighted by Gasteiger charge is 2.29. The second-order valence-corrected chi connectivity index (χ2v) is 7.29. The van der Waals surface area contributed by atoms with Crippen LogP contribution >= 0.6 is 0 Å². The summed E-state index contributed by atoms with van der Waals surface area (Å²) in [5.41, 5.74) is 2.64. The van der Waals surface area contributed by atoms with Crippen LogP contribution in [0.4, 0.5) is 10.2 Å². The molecule has 0 bridgehead atoms. The van der Waals surface area contributed by atoms with E-state index in [2.05, 4.69) is 35.3 Å². The molecule has 1 saturated carbocycles. The number of nitrogens with one attached hydrogen (secondary N) is 2. The quantitative estimate of drug-likeness (QED) is 0.726. The van der Waals surface area contributed by atoms with Crippen molar-refractivity contribution in [1.82, 2.24) is 14.6 Å². The minimum Gasteiger partial charge on any atom is -0.365 e. The van der Waals surface area contributed by atoms with Crippen LogP contribution in [0.3, 0.4) is 0 Å². The third-order valence-electron chi connectivity index (χ3n) is 5.72. The van der Waals surface area contributed by atoms with E-state index in [0.717, 1.165) is 23.5 Å². The minimum absolute atomic E-state index is 0.277. The van der Waals surface area contributed by atoms with Crippen LogP contribution < -0.4 is 5.32 Å². The van der Waals surface area contributed by atoms with Crippen molar-refractivity contribution < 1.29 is 4.39 Å². The number of H-pyrrole nitrogens is 1. The molecule has 0 aliphatic heterocycles. The van der Waals surface area contributed by atoms with Crippen LogP contribution in [0.25, 0.3) is 16.9 Å². The van der Waals surface area contributed by atoms with E-state index < -0.39 is 0 Å². The van der Waals surface area contributed by atoms with Gasteiger partial charge in [-0.05, 0) is 42.5 Å².